The van der Waals surface area contributed by atoms with Crippen LogP contribution in [-0.4, -0.2) is 9.55 Å². The third-order valence-corrected chi connectivity index (χ3v) is 3.65. The third kappa shape index (κ3) is 1.42. The summed E-state index contributed by atoms with van der Waals surface area (Å²) in [4.78, 5) is 3.22. The fourth-order valence-corrected chi connectivity index (χ4v) is 2.63. The first kappa shape index (κ1) is 9.43. The van der Waals surface area contributed by atoms with E-state index in [0.717, 1.165) is 20.8 Å². The number of benzene rings is 1. The minimum Gasteiger partial charge on any atom is -0.331 e. The Morgan fingerprint density at radius 3 is 2.87 bits per heavy atom. The molecule has 3 rings (SSSR count). The Morgan fingerprint density at radius 2 is 2.20 bits per heavy atom. The van der Waals surface area contributed by atoms with Crippen molar-refractivity contribution in [3.05, 3.63) is 28.0 Å². The first-order valence-electron chi connectivity index (χ1n) is 5.15. The van der Waals surface area contributed by atoms with Gasteiger partial charge in [-0.2, -0.15) is 0 Å². The predicted octanol–water partition coefficient (Wildman–Crippen LogP) is 4.08. The summed E-state index contributed by atoms with van der Waals surface area (Å²) in [6.45, 7) is 0. The van der Waals surface area contributed by atoms with Gasteiger partial charge in [-0.1, -0.05) is 11.6 Å². The molecule has 0 spiro atoms. The monoisotopic (exact) mass is 238 g/mol. The standard InChI is InChI=1S/C11H11ClN2S/c12-7-4-5-9-10(6-7)14(11(15)13-9)8-2-1-3-8/h4-6,8H,1-3H2,(H,13,15). The highest BCUT2D eigenvalue weighted by atomic mass is 35.5. The van der Waals surface area contributed by atoms with Gasteiger partial charge >= 0.3 is 0 Å². The second-order valence-electron chi connectivity index (χ2n) is 4.05. The van der Waals surface area contributed by atoms with Crippen molar-refractivity contribution in [3.8, 4) is 0 Å². The van der Waals surface area contributed by atoms with E-state index in [1.165, 1.54) is 19.3 Å². The van der Waals surface area contributed by atoms with Gasteiger partial charge in [-0.15, -0.1) is 0 Å². The summed E-state index contributed by atoms with van der Waals surface area (Å²) in [7, 11) is 0. The van der Waals surface area contributed by atoms with E-state index in [2.05, 4.69) is 9.55 Å². The normalized spacial score (nSPS) is 16.9. The van der Waals surface area contributed by atoms with E-state index in [4.69, 9.17) is 23.8 Å². The molecule has 1 heterocycles. The summed E-state index contributed by atoms with van der Waals surface area (Å²) in [6.07, 6.45) is 3.77. The van der Waals surface area contributed by atoms with Gasteiger partial charge in [0.05, 0.1) is 11.0 Å². The number of H-pyrrole nitrogens is 1. The summed E-state index contributed by atoms with van der Waals surface area (Å²) in [5.41, 5.74) is 2.22. The number of imidazole rings is 1. The Labute approximate surface area is 97.9 Å². The number of rotatable bonds is 1. The first-order chi connectivity index (χ1) is 7.25. The fourth-order valence-electron chi connectivity index (χ4n) is 2.10. The largest absolute Gasteiger partial charge is 0.331 e. The lowest BCUT2D eigenvalue weighted by Gasteiger charge is -2.27. The molecular weight excluding hydrogens is 228 g/mol. The molecule has 1 aliphatic carbocycles. The van der Waals surface area contributed by atoms with Gasteiger partial charge in [0.25, 0.3) is 0 Å². The van der Waals surface area contributed by atoms with Crippen molar-refractivity contribution in [2.45, 2.75) is 25.3 Å². The Kier molecular flexibility index (Phi) is 2.11. The second-order valence-corrected chi connectivity index (χ2v) is 4.87. The topological polar surface area (TPSA) is 20.7 Å². The molecular formula is C11H11ClN2S. The third-order valence-electron chi connectivity index (χ3n) is 3.12. The van der Waals surface area contributed by atoms with Crippen LogP contribution in [0.5, 0.6) is 0 Å². The summed E-state index contributed by atoms with van der Waals surface area (Å²) >= 11 is 11.3. The molecule has 0 unspecified atom stereocenters. The van der Waals surface area contributed by atoms with Crippen LogP contribution >= 0.6 is 23.8 Å². The zero-order valence-electron chi connectivity index (χ0n) is 8.16. The van der Waals surface area contributed by atoms with Crippen LogP contribution in [0.2, 0.25) is 5.02 Å². The van der Waals surface area contributed by atoms with Gasteiger partial charge in [0.15, 0.2) is 4.77 Å². The lowest BCUT2D eigenvalue weighted by Crippen LogP contribution is -2.16. The van der Waals surface area contributed by atoms with Crippen LogP contribution in [0, 0.1) is 4.77 Å². The van der Waals surface area contributed by atoms with Gasteiger partial charge in [-0.05, 0) is 49.7 Å². The highest BCUT2D eigenvalue weighted by molar-refractivity contribution is 7.71. The predicted molar refractivity (Wildman–Crippen MR) is 65.0 cm³/mol. The van der Waals surface area contributed by atoms with E-state index >= 15 is 0 Å². The zero-order chi connectivity index (χ0) is 10.4. The fraction of sp³-hybridized carbons (Fsp3) is 0.364. The molecule has 78 valence electrons. The smallest absolute Gasteiger partial charge is 0.178 e. The summed E-state index contributed by atoms with van der Waals surface area (Å²) in [5.74, 6) is 0. The van der Waals surface area contributed by atoms with Gasteiger partial charge in [0, 0.05) is 11.1 Å². The Hall–Kier alpha value is -0.800. The number of hydrogen-bond acceptors (Lipinski definition) is 1. The van der Waals surface area contributed by atoms with Crippen LogP contribution in [0.25, 0.3) is 11.0 Å². The van der Waals surface area contributed by atoms with E-state index in [-0.39, 0.29) is 0 Å². The van der Waals surface area contributed by atoms with Crippen molar-refractivity contribution >= 4 is 34.9 Å². The quantitative estimate of drug-likeness (QED) is 0.743. The summed E-state index contributed by atoms with van der Waals surface area (Å²) in [5, 5.41) is 0.768. The molecule has 0 amide bonds. The van der Waals surface area contributed by atoms with Crippen LogP contribution in [0.1, 0.15) is 25.3 Å². The minimum absolute atomic E-state index is 0.574. The van der Waals surface area contributed by atoms with Crippen LogP contribution in [0.4, 0.5) is 0 Å². The Bertz CT molecular complexity index is 565. The number of halogens is 1. The highest BCUT2D eigenvalue weighted by Crippen LogP contribution is 2.35. The van der Waals surface area contributed by atoms with E-state index < -0.39 is 0 Å². The molecule has 4 heteroatoms. The van der Waals surface area contributed by atoms with Crippen molar-refractivity contribution in [1.29, 1.82) is 0 Å². The average Bonchev–Trinajstić information content (AvgIpc) is 2.42. The number of nitrogens with zero attached hydrogens (tertiary/aromatic N) is 1. The van der Waals surface area contributed by atoms with Gasteiger partial charge in [-0.25, -0.2) is 0 Å². The van der Waals surface area contributed by atoms with Crippen LogP contribution in [0.3, 0.4) is 0 Å². The molecule has 15 heavy (non-hydrogen) atoms. The minimum atomic E-state index is 0.574. The van der Waals surface area contributed by atoms with Crippen molar-refractivity contribution in [2.75, 3.05) is 0 Å². The van der Waals surface area contributed by atoms with Crippen LogP contribution < -0.4 is 0 Å². The average molecular weight is 239 g/mol. The molecule has 0 atom stereocenters. The number of fused-ring (bicyclic) bond motifs is 1. The molecule has 0 saturated heterocycles. The lowest BCUT2D eigenvalue weighted by atomic mass is 9.93. The molecule has 2 nitrogen and oxygen atoms in total. The molecule has 0 aliphatic heterocycles. The van der Waals surface area contributed by atoms with Gasteiger partial charge in [0.2, 0.25) is 0 Å². The number of nitrogens with one attached hydrogen (secondary N) is 1. The van der Waals surface area contributed by atoms with Crippen LogP contribution in [0.15, 0.2) is 18.2 Å². The van der Waals surface area contributed by atoms with Gasteiger partial charge < -0.3 is 9.55 Å². The molecule has 0 bridgehead atoms. The molecule has 0 radical (unpaired) electrons. The van der Waals surface area contributed by atoms with Crippen LogP contribution in [-0.2, 0) is 0 Å². The number of aromatic nitrogens is 2. The van der Waals surface area contributed by atoms with Crippen molar-refractivity contribution in [1.82, 2.24) is 9.55 Å². The number of hydrogen-bond donors (Lipinski definition) is 1. The summed E-state index contributed by atoms with van der Waals surface area (Å²) in [6, 6.07) is 6.44. The maximum atomic E-state index is 6.00. The van der Waals surface area contributed by atoms with Gasteiger partial charge in [-0.3, -0.25) is 0 Å². The molecule has 1 N–H and O–H groups in total. The maximum absolute atomic E-state index is 6.00. The van der Waals surface area contributed by atoms with Crippen molar-refractivity contribution < 1.29 is 0 Å². The van der Waals surface area contributed by atoms with Crippen molar-refractivity contribution in [2.24, 2.45) is 0 Å². The Balaban J connectivity index is 2.29. The van der Waals surface area contributed by atoms with E-state index in [0.29, 0.717) is 6.04 Å². The SMILES string of the molecule is S=c1[nH]c2ccc(Cl)cc2n1C1CCC1. The van der Waals surface area contributed by atoms with Crippen molar-refractivity contribution in [3.63, 3.8) is 0 Å². The summed E-state index contributed by atoms with van der Waals surface area (Å²) < 4.78 is 3.03. The van der Waals surface area contributed by atoms with E-state index in [1.54, 1.807) is 0 Å². The first-order valence-corrected chi connectivity index (χ1v) is 5.94. The molecule has 2 aromatic rings. The van der Waals surface area contributed by atoms with Gasteiger partial charge in [0.1, 0.15) is 0 Å². The maximum Gasteiger partial charge on any atom is 0.178 e. The van der Waals surface area contributed by atoms with E-state index in [1.807, 2.05) is 18.2 Å². The second kappa shape index (κ2) is 3.35. The zero-order valence-corrected chi connectivity index (χ0v) is 9.74. The number of aromatic amines is 1. The molecule has 1 saturated carbocycles. The Morgan fingerprint density at radius 1 is 1.40 bits per heavy atom. The molecule has 1 aromatic carbocycles. The molecule has 1 aromatic heterocycles. The van der Waals surface area contributed by atoms with E-state index in [9.17, 15) is 0 Å². The highest BCUT2D eigenvalue weighted by Gasteiger charge is 2.21. The lowest BCUT2D eigenvalue weighted by molar-refractivity contribution is 0.318. The molecule has 1 fully saturated rings. The molecule has 1 aliphatic rings.